The number of benzene rings is 1. The largest absolute Gasteiger partial charge is 0.331 e. The van der Waals surface area contributed by atoms with Gasteiger partial charge in [0, 0.05) is 25.1 Å². The molecule has 152 valence electrons. The third-order valence-electron chi connectivity index (χ3n) is 4.63. The lowest BCUT2D eigenvalue weighted by atomic mass is 10.0. The van der Waals surface area contributed by atoms with Gasteiger partial charge in [-0.3, -0.25) is 4.79 Å². The standard InChI is InChI=1S/C17H18F5N5O/c1-8-17-24-16(15(21)22)25-27(17)3-2-26(8)14(28)6-10(23)4-9-5-12(19)13(20)7-11(9)18/h5,7-8,10,15H,2-4,6,23H2,1H3/t8?,10-/m1/s1. The lowest BCUT2D eigenvalue weighted by molar-refractivity contribution is -0.135. The van der Waals surface area contributed by atoms with Crippen LogP contribution in [0.25, 0.3) is 0 Å². The first-order chi connectivity index (χ1) is 13.2. The smallest absolute Gasteiger partial charge is 0.299 e. The fourth-order valence-electron chi connectivity index (χ4n) is 3.23. The molecule has 11 heteroatoms. The van der Waals surface area contributed by atoms with Crippen molar-refractivity contribution in [1.82, 2.24) is 19.7 Å². The number of alkyl halides is 2. The van der Waals surface area contributed by atoms with Crippen molar-refractivity contribution >= 4 is 5.91 Å². The van der Waals surface area contributed by atoms with Crippen molar-refractivity contribution in [1.29, 1.82) is 0 Å². The summed E-state index contributed by atoms with van der Waals surface area (Å²) in [4.78, 5) is 17.8. The van der Waals surface area contributed by atoms with E-state index in [0.717, 1.165) is 0 Å². The van der Waals surface area contributed by atoms with E-state index in [1.54, 1.807) is 6.92 Å². The van der Waals surface area contributed by atoms with Crippen molar-refractivity contribution in [2.24, 2.45) is 5.73 Å². The van der Waals surface area contributed by atoms with Crippen molar-refractivity contribution in [2.75, 3.05) is 6.54 Å². The fourth-order valence-corrected chi connectivity index (χ4v) is 3.23. The zero-order valence-corrected chi connectivity index (χ0v) is 14.9. The second-order valence-corrected chi connectivity index (χ2v) is 6.64. The lowest BCUT2D eigenvalue weighted by Crippen LogP contribution is -2.43. The van der Waals surface area contributed by atoms with Gasteiger partial charge in [0.15, 0.2) is 11.6 Å². The molecule has 6 nitrogen and oxygen atoms in total. The van der Waals surface area contributed by atoms with Gasteiger partial charge in [0.25, 0.3) is 6.43 Å². The van der Waals surface area contributed by atoms with E-state index in [4.69, 9.17) is 5.73 Å². The van der Waals surface area contributed by atoms with Gasteiger partial charge in [-0.2, -0.15) is 0 Å². The van der Waals surface area contributed by atoms with E-state index in [9.17, 15) is 26.7 Å². The van der Waals surface area contributed by atoms with E-state index < -0.39 is 41.8 Å². The van der Waals surface area contributed by atoms with E-state index in [2.05, 4.69) is 10.1 Å². The van der Waals surface area contributed by atoms with Gasteiger partial charge in [0.05, 0.1) is 12.6 Å². The Bertz CT molecular complexity index is 887. The Balaban J connectivity index is 1.66. The summed E-state index contributed by atoms with van der Waals surface area (Å²) in [5, 5.41) is 3.72. The van der Waals surface area contributed by atoms with Crippen molar-refractivity contribution in [2.45, 2.75) is 44.8 Å². The zero-order chi connectivity index (χ0) is 20.6. The molecule has 1 aliphatic heterocycles. The summed E-state index contributed by atoms with van der Waals surface area (Å²) in [6, 6.07) is -0.282. The van der Waals surface area contributed by atoms with Gasteiger partial charge >= 0.3 is 0 Å². The highest BCUT2D eigenvalue weighted by atomic mass is 19.3. The minimum absolute atomic E-state index is 0.132. The Morgan fingerprint density at radius 1 is 1.21 bits per heavy atom. The molecule has 1 aromatic carbocycles. The van der Waals surface area contributed by atoms with Crippen LogP contribution < -0.4 is 5.73 Å². The summed E-state index contributed by atoms with van der Waals surface area (Å²) >= 11 is 0. The molecule has 0 radical (unpaired) electrons. The fraction of sp³-hybridized carbons (Fsp3) is 0.471. The van der Waals surface area contributed by atoms with E-state index >= 15 is 0 Å². The Hall–Kier alpha value is -2.56. The molecule has 0 bridgehead atoms. The van der Waals surface area contributed by atoms with Crippen LogP contribution in [-0.2, 0) is 17.8 Å². The van der Waals surface area contributed by atoms with Gasteiger partial charge in [0.1, 0.15) is 11.6 Å². The van der Waals surface area contributed by atoms with Crippen molar-refractivity contribution in [3.8, 4) is 0 Å². The van der Waals surface area contributed by atoms with E-state index in [1.807, 2.05) is 0 Å². The molecule has 1 amide bonds. The van der Waals surface area contributed by atoms with Gasteiger partial charge in [0.2, 0.25) is 11.7 Å². The molecule has 2 aromatic rings. The van der Waals surface area contributed by atoms with Crippen molar-refractivity contribution in [3.05, 3.63) is 46.8 Å². The maximum atomic E-state index is 13.7. The summed E-state index contributed by atoms with van der Waals surface area (Å²) in [5.41, 5.74) is 5.76. The minimum Gasteiger partial charge on any atom is -0.331 e. The second-order valence-electron chi connectivity index (χ2n) is 6.64. The van der Waals surface area contributed by atoms with Crippen LogP contribution >= 0.6 is 0 Å². The van der Waals surface area contributed by atoms with Crippen LogP contribution in [0.4, 0.5) is 22.0 Å². The SMILES string of the molecule is CC1c2nc(C(F)F)nn2CCN1C(=O)C[C@H](N)Cc1cc(F)c(F)cc1F. The van der Waals surface area contributed by atoms with Crippen molar-refractivity contribution in [3.63, 3.8) is 0 Å². The van der Waals surface area contributed by atoms with Crippen LogP contribution in [0.1, 0.15) is 43.0 Å². The van der Waals surface area contributed by atoms with Crippen molar-refractivity contribution < 1.29 is 26.7 Å². The third-order valence-corrected chi connectivity index (χ3v) is 4.63. The van der Waals surface area contributed by atoms with Crippen LogP contribution in [0.5, 0.6) is 0 Å². The van der Waals surface area contributed by atoms with Crippen LogP contribution in [0, 0.1) is 17.5 Å². The Morgan fingerprint density at radius 3 is 2.57 bits per heavy atom. The first-order valence-corrected chi connectivity index (χ1v) is 8.58. The number of halogens is 5. The molecule has 1 unspecified atom stereocenters. The molecule has 28 heavy (non-hydrogen) atoms. The molecule has 0 spiro atoms. The summed E-state index contributed by atoms with van der Waals surface area (Å²) in [7, 11) is 0. The molecule has 0 aliphatic carbocycles. The minimum atomic E-state index is -2.81. The predicted octanol–water partition coefficient (Wildman–Crippen LogP) is 2.50. The normalized spacial score (nSPS) is 17.7. The number of amides is 1. The third kappa shape index (κ3) is 3.98. The van der Waals surface area contributed by atoms with E-state index in [0.29, 0.717) is 12.1 Å². The van der Waals surface area contributed by atoms with Crippen LogP contribution in [-0.4, -0.2) is 38.2 Å². The number of carbonyl (C=O) groups excluding carboxylic acids is 1. The van der Waals surface area contributed by atoms with Gasteiger partial charge in [-0.1, -0.05) is 0 Å². The number of nitrogens with zero attached hydrogens (tertiary/aromatic N) is 4. The van der Waals surface area contributed by atoms with E-state index in [1.165, 1.54) is 9.58 Å². The van der Waals surface area contributed by atoms with E-state index in [-0.39, 0.29) is 43.2 Å². The number of fused-ring (bicyclic) bond motifs is 1. The number of nitrogens with two attached hydrogens (primary N) is 1. The van der Waals surface area contributed by atoms with Crippen LogP contribution in [0.3, 0.4) is 0 Å². The maximum absolute atomic E-state index is 13.7. The quantitative estimate of drug-likeness (QED) is 0.615. The molecule has 2 N–H and O–H groups in total. The summed E-state index contributed by atoms with van der Waals surface area (Å²) < 4.78 is 66.9. The molecular formula is C17H18F5N5O. The Labute approximate surface area is 157 Å². The molecule has 1 aliphatic rings. The monoisotopic (exact) mass is 403 g/mol. The average molecular weight is 403 g/mol. The lowest BCUT2D eigenvalue weighted by Gasteiger charge is -2.33. The molecule has 2 atom stereocenters. The van der Waals surface area contributed by atoms with Crippen LogP contribution in [0.15, 0.2) is 12.1 Å². The first-order valence-electron chi connectivity index (χ1n) is 8.58. The van der Waals surface area contributed by atoms with Gasteiger partial charge in [-0.05, 0) is 25.0 Å². The molecule has 0 saturated carbocycles. The second kappa shape index (κ2) is 7.82. The Kier molecular flexibility index (Phi) is 5.64. The zero-order valence-electron chi connectivity index (χ0n) is 14.9. The Morgan fingerprint density at radius 2 is 1.89 bits per heavy atom. The van der Waals surface area contributed by atoms with Gasteiger partial charge in [-0.25, -0.2) is 31.6 Å². The maximum Gasteiger partial charge on any atom is 0.299 e. The number of hydrogen-bond donors (Lipinski definition) is 1. The number of aromatic nitrogens is 3. The number of rotatable bonds is 5. The van der Waals surface area contributed by atoms with Crippen LogP contribution in [0.2, 0.25) is 0 Å². The highest BCUT2D eigenvalue weighted by molar-refractivity contribution is 5.77. The molecule has 2 heterocycles. The molecule has 0 fully saturated rings. The predicted molar refractivity (Wildman–Crippen MR) is 87.7 cm³/mol. The molecule has 3 rings (SSSR count). The summed E-state index contributed by atoms with van der Waals surface area (Å²) in [6.07, 6.45) is -3.16. The average Bonchev–Trinajstić information content (AvgIpc) is 3.05. The summed E-state index contributed by atoms with van der Waals surface area (Å²) in [6.45, 7) is 2.07. The number of hydrogen-bond acceptors (Lipinski definition) is 4. The highest BCUT2D eigenvalue weighted by Crippen LogP contribution is 2.26. The molecular weight excluding hydrogens is 385 g/mol. The number of carbonyl (C=O) groups is 1. The molecule has 1 aromatic heterocycles. The highest BCUT2D eigenvalue weighted by Gasteiger charge is 2.32. The van der Waals surface area contributed by atoms with Gasteiger partial charge in [-0.15, -0.1) is 5.10 Å². The molecule has 0 saturated heterocycles. The van der Waals surface area contributed by atoms with Gasteiger partial charge < -0.3 is 10.6 Å². The first kappa shape index (κ1) is 20.2. The topological polar surface area (TPSA) is 77.0 Å². The summed E-state index contributed by atoms with van der Waals surface area (Å²) in [5.74, 6) is -4.18.